The monoisotopic (exact) mass is 396 g/mol. The number of imidazole rings is 1. The van der Waals surface area contributed by atoms with E-state index in [0.717, 1.165) is 5.56 Å². The average molecular weight is 396 g/mol. The minimum atomic E-state index is -0.487. The molecule has 2 aromatic carbocycles. The number of benzene rings is 2. The van der Waals surface area contributed by atoms with Crippen molar-refractivity contribution < 1.29 is 18.4 Å². The van der Waals surface area contributed by atoms with Crippen molar-refractivity contribution in [2.75, 3.05) is 0 Å². The SMILES string of the molecule is CC(NC(=O)c1cc(COc2ccccc2F)on1)c1ccc2[nH]c(=O)[nH]c2c1. The van der Waals surface area contributed by atoms with Gasteiger partial charge in [-0.1, -0.05) is 23.4 Å². The summed E-state index contributed by atoms with van der Waals surface area (Å²) in [5, 5.41) is 6.55. The molecular weight excluding hydrogens is 379 g/mol. The number of H-pyrrole nitrogens is 2. The van der Waals surface area contributed by atoms with Crippen LogP contribution in [-0.4, -0.2) is 21.0 Å². The summed E-state index contributed by atoms with van der Waals surface area (Å²) in [6.07, 6.45) is 0. The molecule has 1 unspecified atom stereocenters. The van der Waals surface area contributed by atoms with Crippen molar-refractivity contribution in [2.24, 2.45) is 0 Å². The van der Waals surface area contributed by atoms with Gasteiger partial charge in [-0.15, -0.1) is 0 Å². The molecular formula is C20H17FN4O4. The Morgan fingerprint density at radius 1 is 1.21 bits per heavy atom. The Kier molecular flexibility index (Phi) is 4.86. The van der Waals surface area contributed by atoms with E-state index in [9.17, 15) is 14.0 Å². The largest absolute Gasteiger partial charge is 0.482 e. The molecule has 0 saturated carbocycles. The fourth-order valence-corrected chi connectivity index (χ4v) is 2.87. The molecule has 0 spiro atoms. The molecule has 4 aromatic rings. The predicted molar refractivity (Wildman–Crippen MR) is 102 cm³/mol. The van der Waals surface area contributed by atoms with Crippen LogP contribution in [0, 0.1) is 5.82 Å². The van der Waals surface area contributed by atoms with Gasteiger partial charge in [0, 0.05) is 6.07 Å². The molecule has 0 aliphatic carbocycles. The third-order valence-electron chi connectivity index (χ3n) is 4.39. The molecule has 0 bridgehead atoms. The maximum Gasteiger partial charge on any atom is 0.323 e. The Morgan fingerprint density at radius 3 is 2.83 bits per heavy atom. The van der Waals surface area contributed by atoms with Crippen LogP contribution in [0.15, 0.2) is 57.8 Å². The lowest BCUT2D eigenvalue weighted by Crippen LogP contribution is -2.26. The molecule has 29 heavy (non-hydrogen) atoms. The zero-order valence-electron chi connectivity index (χ0n) is 15.4. The van der Waals surface area contributed by atoms with Gasteiger partial charge in [0.1, 0.15) is 6.61 Å². The van der Waals surface area contributed by atoms with Crippen molar-refractivity contribution in [1.29, 1.82) is 0 Å². The molecule has 0 saturated heterocycles. The molecule has 1 amide bonds. The molecule has 9 heteroatoms. The average Bonchev–Trinajstić information content (AvgIpc) is 3.32. The third kappa shape index (κ3) is 4.03. The van der Waals surface area contributed by atoms with Gasteiger partial charge in [-0.05, 0) is 36.8 Å². The van der Waals surface area contributed by atoms with Gasteiger partial charge < -0.3 is 24.5 Å². The Bertz CT molecular complexity index is 1230. The van der Waals surface area contributed by atoms with E-state index in [0.29, 0.717) is 11.0 Å². The number of hydrogen-bond donors (Lipinski definition) is 3. The second-order valence-electron chi connectivity index (χ2n) is 6.48. The number of carbonyl (C=O) groups excluding carboxylic acids is 1. The van der Waals surface area contributed by atoms with E-state index in [4.69, 9.17) is 9.26 Å². The van der Waals surface area contributed by atoms with Crippen molar-refractivity contribution in [3.63, 3.8) is 0 Å². The first kappa shape index (κ1) is 18.5. The number of aromatic amines is 2. The lowest BCUT2D eigenvalue weighted by Gasteiger charge is -2.13. The smallest absolute Gasteiger partial charge is 0.323 e. The summed E-state index contributed by atoms with van der Waals surface area (Å²) in [5.41, 5.74) is 1.95. The number of halogens is 1. The minimum Gasteiger partial charge on any atom is -0.482 e. The van der Waals surface area contributed by atoms with Crippen molar-refractivity contribution in [2.45, 2.75) is 19.6 Å². The number of fused-ring (bicyclic) bond motifs is 1. The zero-order chi connectivity index (χ0) is 20.4. The van der Waals surface area contributed by atoms with Gasteiger partial charge in [-0.25, -0.2) is 9.18 Å². The first-order chi connectivity index (χ1) is 14.0. The van der Waals surface area contributed by atoms with Gasteiger partial charge in [0.15, 0.2) is 23.0 Å². The van der Waals surface area contributed by atoms with Crippen LogP contribution in [0.5, 0.6) is 5.75 Å². The summed E-state index contributed by atoms with van der Waals surface area (Å²) in [5.74, 6) is -0.542. The first-order valence-electron chi connectivity index (χ1n) is 8.85. The highest BCUT2D eigenvalue weighted by molar-refractivity contribution is 5.92. The Labute approximate surface area is 163 Å². The number of nitrogens with one attached hydrogen (secondary N) is 3. The number of para-hydroxylation sites is 1. The molecule has 4 rings (SSSR count). The van der Waals surface area contributed by atoms with Gasteiger partial charge in [0.05, 0.1) is 17.1 Å². The number of amides is 1. The fourth-order valence-electron chi connectivity index (χ4n) is 2.87. The molecule has 2 heterocycles. The topological polar surface area (TPSA) is 113 Å². The maximum atomic E-state index is 13.6. The van der Waals surface area contributed by atoms with E-state index in [1.807, 2.05) is 13.0 Å². The summed E-state index contributed by atoms with van der Waals surface area (Å²) < 4.78 is 24.0. The van der Waals surface area contributed by atoms with Crippen LogP contribution in [0.3, 0.4) is 0 Å². The van der Waals surface area contributed by atoms with Gasteiger partial charge >= 0.3 is 5.69 Å². The lowest BCUT2D eigenvalue weighted by atomic mass is 10.1. The van der Waals surface area contributed by atoms with Gasteiger partial charge in [-0.3, -0.25) is 4.79 Å². The van der Waals surface area contributed by atoms with E-state index in [-0.39, 0.29) is 35.5 Å². The second-order valence-corrected chi connectivity index (χ2v) is 6.48. The van der Waals surface area contributed by atoms with Crippen LogP contribution in [0.1, 0.15) is 34.8 Å². The van der Waals surface area contributed by atoms with Crippen molar-refractivity contribution in [1.82, 2.24) is 20.4 Å². The number of ether oxygens (including phenoxy) is 1. The summed E-state index contributed by atoms with van der Waals surface area (Å²) in [6, 6.07) is 12.5. The lowest BCUT2D eigenvalue weighted by molar-refractivity contribution is 0.0930. The number of rotatable bonds is 6. The highest BCUT2D eigenvalue weighted by Gasteiger charge is 2.17. The fraction of sp³-hybridized carbons (Fsp3) is 0.150. The maximum absolute atomic E-state index is 13.6. The molecule has 2 aromatic heterocycles. The number of aromatic nitrogens is 3. The Hall–Kier alpha value is -3.88. The molecule has 0 aliphatic heterocycles. The van der Waals surface area contributed by atoms with E-state index >= 15 is 0 Å². The second kappa shape index (κ2) is 7.63. The Morgan fingerprint density at radius 2 is 2.00 bits per heavy atom. The van der Waals surface area contributed by atoms with Crippen LogP contribution in [0.2, 0.25) is 0 Å². The van der Waals surface area contributed by atoms with E-state index in [1.54, 1.807) is 24.3 Å². The van der Waals surface area contributed by atoms with Crippen LogP contribution >= 0.6 is 0 Å². The highest BCUT2D eigenvalue weighted by Crippen LogP contribution is 2.19. The molecule has 1 atom stereocenters. The van der Waals surface area contributed by atoms with E-state index < -0.39 is 11.7 Å². The molecule has 0 radical (unpaired) electrons. The molecule has 8 nitrogen and oxygen atoms in total. The van der Waals surface area contributed by atoms with Crippen molar-refractivity contribution in [3.8, 4) is 5.75 Å². The third-order valence-corrected chi connectivity index (χ3v) is 4.39. The van der Waals surface area contributed by atoms with Crippen LogP contribution < -0.4 is 15.7 Å². The normalized spacial score (nSPS) is 12.1. The molecule has 0 aliphatic rings. The summed E-state index contributed by atoms with van der Waals surface area (Å²) in [7, 11) is 0. The quantitative estimate of drug-likeness (QED) is 0.464. The summed E-state index contributed by atoms with van der Waals surface area (Å²) >= 11 is 0. The van der Waals surface area contributed by atoms with Crippen molar-refractivity contribution in [3.05, 3.63) is 81.9 Å². The Balaban J connectivity index is 1.40. The van der Waals surface area contributed by atoms with E-state index in [1.165, 1.54) is 18.2 Å². The minimum absolute atomic E-state index is 0.0612. The van der Waals surface area contributed by atoms with E-state index in [2.05, 4.69) is 20.4 Å². The first-order valence-corrected chi connectivity index (χ1v) is 8.85. The number of nitrogens with zero attached hydrogens (tertiary/aromatic N) is 1. The van der Waals surface area contributed by atoms with Crippen molar-refractivity contribution >= 4 is 16.9 Å². The number of carbonyl (C=O) groups is 1. The molecule has 3 N–H and O–H groups in total. The van der Waals surface area contributed by atoms with Crippen LogP contribution in [0.4, 0.5) is 4.39 Å². The van der Waals surface area contributed by atoms with Crippen LogP contribution in [0.25, 0.3) is 11.0 Å². The highest BCUT2D eigenvalue weighted by atomic mass is 19.1. The summed E-state index contributed by atoms with van der Waals surface area (Å²) in [6.45, 7) is 1.75. The summed E-state index contributed by atoms with van der Waals surface area (Å²) in [4.78, 5) is 29.2. The standard InChI is InChI=1S/C20H17FN4O4/c1-11(12-6-7-15-16(8-12)24-20(27)23-15)22-19(26)17-9-13(29-25-17)10-28-18-5-3-2-4-14(18)21/h2-9,11H,10H2,1H3,(H,22,26)(H2,23,24,27). The molecule has 148 valence electrons. The van der Waals surface area contributed by atoms with Gasteiger partial charge in [0.25, 0.3) is 5.91 Å². The predicted octanol–water partition coefficient (Wildman–Crippen LogP) is 3.05. The molecule has 0 fully saturated rings. The zero-order valence-corrected chi connectivity index (χ0v) is 15.4. The van der Waals surface area contributed by atoms with Gasteiger partial charge in [-0.2, -0.15) is 0 Å². The van der Waals surface area contributed by atoms with Crippen LogP contribution in [-0.2, 0) is 6.61 Å². The van der Waals surface area contributed by atoms with Gasteiger partial charge in [0.2, 0.25) is 0 Å². The number of hydrogen-bond acceptors (Lipinski definition) is 5.